The predicted molar refractivity (Wildman–Crippen MR) is 76.2 cm³/mol. The molecule has 4 nitrogen and oxygen atoms in total. The number of halogens is 1. The van der Waals surface area contributed by atoms with Crippen molar-refractivity contribution in [3.8, 4) is 0 Å². The topological polar surface area (TPSA) is 49.2 Å². The van der Waals surface area contributed by atoms with Gasteiger partial charge in [-0.2, -0.15) is 0 Å². The summed E-state index contributed by atoms with van der Waals surface area (Å²) in [5.41, 5.74) is 0.367. The van der Waals surface area contributed by atoms with Gasteiger partial charge in [-0.05, 0) is 37.8 Å². The summed E-state index contributed by atoms with van der Waals surface area (Å²) in [5.74, 6) is 0.467. The van der Waals surface area contributed by atoms with E-state index in [1.54, 1.807) is 6.07 Å². The van der Waals surface area contributed by atoms with Crippen LogP contribution in [-0.4, -0.2) is 34.3 Å². The second-order valence-electron chi connectivity index (χ2n) is 5.19. The molecule has 0 spiro atoms. The van der Waals surface area contributed by atoms with E-state index < -0.39 is 0 Å². The van der Waals surface area contributed by atoms with Crippen molar-refractivity contribution in [1.82, 2.24) is 9.97 Å². The lowest BCUT2D eigenvalue weighted by molar-refractivity contribution is 0.262. The molecule has 20 heavy (non-hydrogen) atoms. The van der Waals surface area contributed by atoms with E-state index in [1.165, 1.54) is 18.8 Å². The van der Waals surface area contributed by atoms with E-state index in [4.69, 9.17) is 0 Å². The van der Waals surface area contributed by atoms with Gasteiger partial charge >= 0.3 is 0 Å². The Morgan fingerprint density at radius 2 is 2.20 bits per heavy atom. The zero-order chi connectivity index (χ0) is 13.9. The van der Waals surface area contributed by atoms with E-state index in [0.29, 0.717) is 5.52 Å². The Kier molecular flexibility index (Phi) is 3.78. The molecule has 1 aromatic carbocycles. The summed E-state index contributed by atoms with van der Waals surface area (Å²) < 4.78 is 13.8. The number of hydrogen-bond acceptors (Lipinski definition) is 4. The van der Waals surface area contributed by atoms with Crippen molar-refractivity contribution in [3.05, 3.63) is 30.3 Å². The van der Waals surface area contributed by atoms with Gasteiger partial charge in [0.05, 0.1) is 0 Å². The third-order valence-corrected chi connectivity index (χ3v) is 3.96. The van der Waals surface area contributed by atoms with Gasteiger partial charge in [-0.3, -0.25) is 0 Å². The molecule has 1 atom stereocenters. The number of para-hydroxylation sites is 1. The number of aromatic nitrogens is 2. The molecule has 5 heteroatoms. The quantitative estimate of drug-likeness (QED) is 0.935. The second kappa shape index (κ2) is 5.71. The van der Waals surface area contributed by atoms with Gasteiger partial charge in [-0.25, -0.2) is 14.4 Å². The molecule has 1 aromatic heterocycles. The van der Waals surface area contributed by atoms with Crippen LogP contribution in [0.2, 0.25) is 0 Å². The van der Waals surface area contributed by atoms with Crippen molar-refractivity contribution in [2.75, 3.05) is 18.1 Å². The Bertz CT molecular complexity index is 603. The molecule has 3 rings (SSSR count). The lowest BCUT2D eigenvalue weighted by Crippen LogP contribution is -2.40. The second-order valence-corrected chi connectivity index (χ2v) is 5.19. The highest BCUT2D eigenvalue weighted by molar-refractivity contribution is 5.89. The molecule has 0 bridgehead atoms. The Hall–Kier alpha value is -1.75. The molecule has 1 fully saturated rings. The molecule has 0 aliphatic carbocycles. The fraction of sp³-hybridized carbons (Fsp3) is 0.467. The van der Waals surface area contributed by atoms with Crippen LogP contribution in [0.3, 0.4) is 0 Å². The summed E-state index contributed by atoms with van der Waals surface area (Å²) in [6, 6.07) is 5.24. The number of fused-ring (bicyclic) bond motifs is 1. The summed E-state index contributed by atoms with van der Waals surface area (Å²) in [6.45, 7) is 1.06. The summed E-state index contributed by atoms with van der Waals surface area (Å²) in [6.07, 6.45) is 5.45. The van der Waals surface area contributed by atoms with E-state index in [0.717, 1.165) is 37.0 Å². The number of rotatable bonds is 3. The molecule has 2 heterocycles. The Labute approximate surface area is 117 Å². The van der Waals surface area contributed by atoms with Crippen LogP contribution < -0.4 is 4.90 Å². The smallest absolute Gasteiger partial charge is 0.149 e. The number of anilines is 1. The third-order valence-electron chi connectivity index (χ3n) is 3.96. The number of aliphatic hydroxyl groups is 1. The third kappa shape index (κ3) is 2.33. The zero-order valence-corrected chi connectivity index (χ0v) is 11.3. The van der Waals surface area contributed by atoms with E-state index in [-0.39, 0.29) is 18.5 Å². The van der Waals surface area contributed by atoms with Crippen LogP contribution in [0.25, 0.3) is 10.9 Å². The summed E-state index contributed by atoms with van der Waals surface area (Å²) in [7, 11) is 0. The summed E-state index contributed by atoms with van der Waals surface area (Å²) in [5, 5.41) is 9.97. The number of aliphatic hydroxyl groups excluding tert-OH is 1. The molecule has 0 amide bonds. The molecular weight excluding hydrogens is 257 g/mol. The average molecular weight is 275 g/mol. The van der Waals surface area contributed by atoms with Gasteiger partial charge in [0.25, 0.3) is 0 Å². The van der Waals surface area contributed by atoms with Gasteiger partial charge in [0.15, 0.2) is 0 Å². The highest BCUT2D eigenvalue weighted by Gasteiger charge is 2.25. The number of nitrogens with zero attached hydrogens (tertiary/aromatic N) is 3. The Morgan fingerprint density at radius 1 is 1.30 bits per heavy atom. The van der Waals surface area contributed by atoms with Crippen LogP contribution in [0.5, 0.6) is 0 Å². The van der Waals surface area contributed by atoms with Gasteiger partial charge in [0.2, 0.25) is 0 Å². The molecule has 1 aliphatic heterocycles. The van der Waals surface area contributed by atoms with Crippen LogP contribution in [0.15, 0.2) is 24.5 Å². The first kappa shape index (κ1) is 13.2. The SMILES string of the molecule is OCCC1CCCCN1c1ncnc2c(F)cccc12. The molecule has 1 aliphatic rings. The lowest BCUT2D eigenvalue weighted by Gasteiger charge is -2.37. The summed E-state index contributed by atoms with van der Waals surface area (Å²) >= 11 is 0. The first-order valence-electron chi connectivity index (χ1n) is 7.08. The minimum atomic E-state index is -0.318. The monoisotopic (exact) mass is 275 g/mol. The molecular formula is C15H18FN3O. The fourth-order valence-electron chi connectivity index (χ4n) is 3.00. The minimum Gasteiger partial charge on any atom is -0.396 e. The maximum atomic E-state index is 13.8. The standard InChI is InChI=1S/C15H18FN3O/c16-13-6-3-5-12-14(13)17-10-18-15(12)19-8-2-1-4-11(19)7-9-20/h3,5-6,10-11,20H,1-2,4,7-9H2. The maximum Gasteiger partial charge on any atom is 0.149 e. The molecule has 2 aromatic rings. The van der Waals surface area contributed by atoms with Gasteiger partial charge < -0.3 is 10.0 Å². The number of benzene rings is 1. The minimum absolute atomic E-state index is 0.165. The van der Waals surface area contributed by atoms with Gasteiger partial charge in [-0.15, -0.1) is 0 Å². The average Bonchev–Trinajstić information content (AvgIpc) is 2.48. The van der Waals surface area contributed by atoms with Gasteiger partial charge in [-0.1, -0.05) is 6.07 Å². The Morgan fingerprint density at radius 3 is 3.05 bits per heavy atom. The van der Waals surface area contributed by atoms with Crippen molar-refractivity contribution >= 4 is 16.7 Å². The van der Waals surface area contributed by atoms with E-state index in [1.807, 2.05) is 6.07 Å². The van der Waals surface area contributed by atoms with Crippen molar-refractivity contribution in [3.63, 3.8) is 0 Å². The van der Waals surface area contributed by atoms with Crippen molar-refractivity contribution < 1.29 is 9.50 Å². The van der Waals surface area contributed by atoms with Crippen LogP contribution in [0.4, 0.5) is 10.2 Å². The molecule has 1 unspecified atom stereocenters. The normalized spacial score (nSPS) is 19.5. The van der Waals surface area contributed by atoms with Crippen LogP contribution >= 0.6 is 0 Å². The van der Waals surface area contributed by atoms with E-state index >= 15 is 0 Å². The highest BCUT2D eigenvalue weighted by Crippen LogP contribution is 2.30. The van der Waals surface area contributed by atoms with Crippen LogP contribution in [0.1, 0.15) is 25.7 Å². The number of hydrogen-bond donors (Lipinski definition) is 1. The van der Waals surface area contributed by atoms with Crippen LogP contribution in [0, 0.1) is 5.82 Å². The van der Waals surface area contributed by atoms with E-state index in [2.05, 4.69) is 14.9 Å². The zero-order valence-electron chi connectivity index (χ0n) is 11.3. The molecule has 106 valence electrons. The molecule has 0 radical (unpaired) electrons. The predicted octanol–water partition coefficient (Wildman–Crippen LogP) is 2.51. The lowest BCUT2D eigenvalue weighted by atomic mass is 9.99. The molecule has 1 N–H and O–H groups in total. The summed E-state index contributed by atoms with van der Waals surface area (Å²) in [4.78, 5) is 10.6. The molecule has 0 saturated carbocycles. The maximum absolute atomic E-state index is 13.8. The van der Waals surface area contributed by atoms with Crippen molar-refractivity contribution in [2.24, 2.45) is 0 Å². The fourth-order valence-corrected chi connectivity index (χ4v) is 3.00. The van der Waals surface area contributed by atoms with Gasteiger partial charge in [0.1, 0.15) is 23.5 Å². The van der Waals surface area contributed by atoms with Crippen LogP contribution in [-0.2, 0) is 0 Å². The number of piperidine rings is 1. The first-order chi connectivity index (χ1) is 9.81. The van der Waals surface area contributed by atoms with E-state index in [9.17, 15) is 9.50 Å². The molecule has 1 saturated heterocycles. The van der Waals surface area contributed by atoms with Crippen molar-refractivity contribution in [2.45, 2.75) is 31.7 Å². The Balaban J connectivity index is 2.06. The largest absolute Gasteiger partial charge is 0.396 e. The van der Waals surface area contributed by atoms with Gasteiger partial charge in [0, 0.05) is 24.6 Å². The highest BCUT2D eigenvalue weighted by atomic mass is 19.1. The van der Waals surface area contributed by atoms with Crippen molar-refractivity contribution in [1.29, 1.82) is 0 Å². The first-order valence-corrected chi connectivity index (χ1v) is 7.08.